The number of halogens is 3. The third-order valence-electron chi connectivity index (χ3n) is 1.87. The molecule has 3 nitrogen and oxygen atoms in total. The molecule has 0 spiro atoms. The summed E-state index contributed by atoms with van der Waals surface area (Å²) < 4.78 is 60.3. The Hall–Kier alpha value is -1.08. The van der Waals surface area contributed by atoms with Crippen molar-refractivity contribution in [1.82, 2.24) is 0 Å². The van der Waals surface area contributed by atoms with Gasteiger partial charge in [0.15, 0.2) is 0 Å². The van der Waals surface area contributed by atoms with Gasteiger partial charge >= 0.3 is 0 Å². The lowest BCUT2D eigenvalue weighted by atomic mass is 10.1. The van der Waals surface area contributed by atoms with Crippen LogP contribution in [0.4, 0.5) is 13.2 Å². The van der Waals surface area contributed by atoms with Gasteiger partial charge in [-0.3, -0.25) is 0 Å². The quantitative estimate of drug-likeness (QED) is 0.891. The molecule has 0 aliphatic heterocycles. The molecule has 0 unspecified atom stereocenters. The standard InChI is InChI=1S/C9H10F3NO2S/c1-9(11,12)7-4-6(2-3-8(7)10)5-16(13,14)15/h2-4H,5H2,1H3,(H2,13,14,15). The Morgan fingerprint density at radius 3 is 2.38 bits per heavy atom. The van der Waals surface area contributed by atoms with E-state index in [1.165, 1.54) is 0 Å². The van der Waals surface area contributed by atoms with Crippen LogP contribution in [-0.2, 0) is 21.7 Å². The molecule has 0 aliphatic rings. The van der Waals surface area contributed by atoms with Gasteiger partial charge in [-0.25, -0.2) is 26.7 Å². The largest absolute Gasteiger partial charge is 0.273 e. The van der Waals surface area contributed by atoms with Crippen LogP contribution in [0.15, 0.2) is 18.2 Å². The molecule has 0 aliphatic carbocycles. The monoisotopic (exact) mass is 253 g/mol. The van der Waals surface area contributed by atoms with Crippen molar-refractivity contribution in [3.05, 3.63) is 35.1 Å². The third kappa shape index (κ3) is 3.49. The predicted octanol–water partition coefficient (Wildman–Crippen LogP) is 1.73. The minimum atomic E-state index is -3.82. The zero-order chi connectivity index (χ0) is 12.6. The molecule has 0 amide bonds. The predicted molar refractivity (Wildman–Crippen MR) is 52.8 cm³/mol. The molecular formula is C9H10F3NO2S. The van der Waals surface area contributed by atoms with Crippen molar-refractivity contribution >= 4 is 10.0 Å². The van der Waals surface area contributed by atoms with Crippen LogP contribution in [0.5, 0.6) is 0 Å². The van der Waals surface area contributed by atoms with Crippen LogP contribution in [0.2, 0.25) is 0 Å². The van der Waals surface area contributed by atoms with Crippen molar-refractivity contribution in [1.29, 1.82) is 0 Å². The fraction of sp³-hybridized carbons (Fsp3) is 0.333. The number of primary sulfonamides is 1. The minimum absolute atomic E-state index is 0.0282. The zero-order valence-electron chi connectivity index (χ0n) is 8.38. The summed E-state index contributed by atoms with van der Waals surface area (Å²) in [5.41, 5.74) is -0.811. The van der Waals surface area contributed by atoms with Gasteiger partial charge in [-0.05, 0) is 17.7 Å². The van der Waals surface area contributed by atoms with Crippen molar-refractivity contribution in [3.63, 3.8) is 0 Å². The Bertz CT molecular complexity index is 494. The molecule has 0 bridgehead atoms. The molecule has 2 N–H and O–H groups in total. The normalized spacial score (nSPS) is 12.8. The molecule has 90 valence electrons. The molecule has 0 saturated carbocycles. The fourth-order valence-corrected chi connectivity index (χ4v) is 1.88. The van der Waals surface area contributed by atoms with E-state index in [2.05, 4.69) is 0 Å². The fourth-order valence-electron chi connectivity index (χ4n) is 1.23. The van der Waals surface area contributed by atoms with E-state index in [4.69, 9.17) is 5.14 Å². The van der Waals surface area contributed by atoms with E-state index in [0.29, 0.717) is 6.92 Å². The molecule has 0 radical (unpaired) electrons. The van der Waals surface area contributed by atoms with Crippen molar-refractivity contribution in [2.24, 2.45) is 5.14 Å². The molecule has 0 heterocycles. The van der Waals surface area contributed by atoms with Gasteiger partial charge in [0.1, 0.15) is 5.82 Å². The number of benzene rings is 1. The number of sulfonamides is 1. The van der Waals surface area contributed by atoms with Gasteiger partial charge in [0, 0.05) is 6.92 Å². The highest BCUT2D eigenvalue weighted by molar-refractivity contribution is 7.88. The van der Waals surface area contributed by atoms with E-state index < -0.39 is 33.1 Å². The number of hydrogen-bond donors (Lipinski definition) is 1. The van der Waals surface area contributed by atoms with Gasteiger partial charge in [-0.2, -0.15) is 0 Å². The van der Waals surface area contributed by atoms with Crippen molar-refractivity contribution in [2.45, 2.75) is 18.6 Å². The summed E-state index contributed by atoms with van der Waals surface area (Å²) >= 11 is 0. The second-order valence-electron chi connectivity index (χ2n) is 3.51. The molecule has 0 aromatic heterocycles. The molecule has 0 saturated heterocycles. The van der Waals surface area contributed by atoms with Crippen LogP contribution in [-0.4, -0.2) is 8.42 Å². The van der Waals surface area contributed by atoms with Gasteiger partial charge in [0.2, 0.25) is 10.0 Å². The van der Waals surface area contributed by atoms with Crippen LogP contribution in [0.25, 0.3) is 0 Å². The van der Waals surface area contributed by atoms with Crippen molar-refractivity contribution < 1.29 is 21.6 Å². The second kappa shape index (κ2) is 4.06. The molecule has 1 aromatic carbocycles. The Kier molecular flexibility index (Phi) is 3.30. The van der Waals surface area contributed by atoms with Gasteiger partial charge in [-0.1, -0.05) is 6.07 Å². The SMILES string of the molecule is CC(F)(F)c1cc(CS(N)(=O)=O)ccc1F. The van der Waals surface area contributed by atoms with Crippen LogP contribution in [0, 0.1) is 5.82 Å². The van der Waals surface area contributed by atoms with Crippen LogP contribution >= 0.6 is 0 Å². The maximum absolute atomic E-state index is 13.0. The summed E-state index contributed by atoms with van der Waals surface area (Å²) in [6, 6.07) is 2.71. The van der Waals surface area contributed by atoms with Crippen LogP contribution < -0.4 is 5.14 Å². The second-order valence-corrected chi connectivity index (χ2v) is 5.12. The summed E-state index contributed by atoms with van der Waals surface area (Å²) in [5, 5.41) is 4.76. The number of hydrogen-bond acceptors (Lipinski definition) is 2. The van der Waals surface area contributed by atoms with Crippen molar-refractivity contribution in [3.8, 4) is 0 Å². The topological polar surface area (TPSA) is 60.2 Å². The first kappa shape index (κ1) is 13.0. The van der Waals surface area contributed by atoms with E-state index in [1.54, 1.807) is 0 Å². The van der Waals surface area contributed by atoms with E-state index in [1.807, 2.05) is 0 Å². The van der Waals surface area contributed by atoms with Gasteiger partial charge in [-0.15, -0.1) is 0 Å². The van der Waals surface area contributed by atoms with Gasteiger partial charge < -0.3 is 0 Å². The highest BCUT2D eigenvalue weighted by Crippen LogP contribution is 2.30. The number of rotatable bonds is 3. The maximum atomic E-state index is 13.0. The van der Waals surface area contributed by atoms with Gasteiger partial charge in [0.05, 0.1) is 11.3 Å². The Labute approximate surface area is 91.1 Å². The van der Waals surface area contributed by atoms with E-state index >= 15 is 0 Å². The third-order valence-corrected chi connectivity index (χ3v) is 2.61. The maximum Gasteiger partial charge on any atom is 0.273 e. The van der Waals surface area contributed by atoms with Crippen LogP contribution in [0.3, 0.4) is 0 Å². The van der Waals surface area contributed by atoms with E-state index in [-0.39, 0.29) is 5.56 Å². The lowest BCUT2D eigenvalue weighted by molar-refractivity contribution is 0.0137. The zero-order valence-corrected chi connectivity index (χ0v) is 9.19. The molecule has 0 fully saturated rings. The minimum Gasteiger partial charge on any atom is -0.228 e. The molecule has 1 rings (SSSR count). The Balaban J connectivity index is 3.18. The lowest BCUT2D eigenvalue weighted by Gasteiger charge is -2.12. The first-order valence-electron chi connectivity index (χ1n) is 4.27. The molecule has 0 atom stereocenters. The highest BCUT2D eigenvalue weighted by Gasteiger charge is 2.28. The molecular weight excluding hydrogens is 243 g/mol. The summed E-state index contributed by atoms with van der Waals surface area (Å²) in [6.07, 6.45) is 0. The Morgan fingerprint density at radius 1 is 1.38 bits per heavy atom. The average molecular weight is 253 g/mol. The average Bonchev–Trinajstić information content (AvgIpc) is 2.04. The van der Waals surface area contributed by atoms with E-state index in [9.17, 15) is 21.6 Å². The molecule has 7 heteroatoms. The van der Waals surface area contributed by atoms with Gasteiger partial charge in [0.25, 0.3) is 5.92 Å². The number of nitrogens with two attached hydrogens (primary N) is 1. The van der Waals surface area contributed by atoms with E-state index in [0.717, 1.165) is 18.2 Å². The summed E-state index contributed by atoms with van der Waals surface area (Å²) in [4.78, 5) is 0. The Morgan fingerprint density at radius 2 is 1.94 bits per heavy atom. The summed E-state index contributed by atoms with van der Waals surface area (Å²) in [5.74, 6) is -5.04. The number of alkyl halides is 2. The highest BCUT2D eigenvalue weighted by atomic mass is 32.2. The smallest absolute Gasteiger partial charge is 0.228 e. The summed E-state index contributed by atoms with van der Waals surface area (Å²) in [6.45, 7) is 0.534. The molecule has 16 heavy (non-hydrogen) atoms. The first-order valence-corrected chi connectivity index (χ1v) is 5.98. The molecule has 1 aromatic rings. The lowest BCUT2D eigenvalue weighted by Crippen LogP contribution is -2.16. The van der Waals surface area contributed by atoms with Crippen LogP contribution in [0.1, 0.15) is 18.1 Å². The summed E-state index contributed by atoms with van der Waals surface area (Å²) in [7, 11) is -3.82. The first-order chi connectivity index (χ1) is 7.09. The van der Waals surface area contributed by atoms with Crippen molar-refractivity contribution in [2.75, 3.05) is 0 Å².